The van der Waals surface area contributed by atoms with Crippen LogP contribution in [0.5, 0.6) is 11.5 Å². The average Bonchev–Trinajstić information content (AvgIpc) is 2.81. The summed E-state index contributed by atoms with van der Waals surface area (Å²) >= 11 is 0. The van der Waals surface area contributed by atoms with Crippen molar-refractivity contribution in [1.29, 1.82) is 0 Å². The molecule has 2 N–H and O–H groups in total. The number of carbonyl (C=O) groups is 2. The van der Waals surface area contributed by atoms with Crippen LogP contribution in [0.4, 0.5) is 11.4 Å². The van der Waals surface area contributed by atoms with Crippen LogP contribution in [0.25, 0.3) is 0 Å². The molecule has 0 spiro atoms. The molecule has 2 aliphatic heterocycles. The van der Waals surface area contributed by atoms with E-state index in [1.807, 2.05) is 13.0 Å². The fourth-order valence-electron chi connectivity index (χ4n) is 3.96. The number of sulfonamides is 1. The third kappa shape index (κ3) is 4.81. The molecule has 0 radical (unpaired) electrons. The van der Waals surface area contributed by atoms with E-state index in [0.29, 0.717) is 48.9 Å². The highest BCUT2D eigenvalue weighted by Gasteiger charge is 2.34. The molecule has 2 heterocycles. The van der Waals surface area contributed by atoms with Gasteiger partial charge in [0.1, 0.15) is 11.5 Å². The van der Waals surface area contributed by atoms with Crippen molar-refractivity contribution in [2.45, 2.75) is 37.7 Å². The third-order valence-electron chi connectivity index (χ3n) is 5.72. The van der Waals surface area contributed by atoms with E-state index in [-0.39, 0.29) is 23.3 Å². The molecule has 4 rings (SSSR count). The molecule has 10 heteroatoms. The van der Waals surface area contributed by atoms with E-state index in [1.165, 1.54) is 22.5 Å². The van der Waals surface area contributed by atoms with Gasteiger partial charge in [0.05, 0.1) is 28.8 Å². The smallest absolute Gasteiger partial charge is 0.265 e. The predicted octanol–water partition coefficient (Wildman–Crippen LogP) is 2.84. The van der Waals surface area contributed by atoms with Gasteiger partial charge in [-0.1, -0.05) is 12.1 Å². The van der Waals surface area contributed by atoms with Gasteiger partial charge in [-0.3, -0.25) is 9.59 Å². The topological polar surface area (TPSA) is 114 Å². The zero-order chi connectivity index (χ0) is 23.6. The molecule has 2 atom stereocenters. The molecule has 2 amide bonds. The van der Waals surface area contributed by atoms with E-state index in [9.17, 15) is 18.0 Å². The first-order valence-corrected chi connectivity index (χ1v) is 12.4. The normalized spacial score (nSPS) is 20.8. The standard InChI is InChI=1S/C23H27N3O6S/c1-3-31-20-9-5-4-8-18(20)24-23(28)16-7-6-12-26(14-16)33(29,30)17-10-11-21-19(13-17)25-22(27)15(2)32-21/h4-5,8-11,13,15-16H,3,6-7,12,14H2,1-2H3,(H,24,28)(H,25,27)/t15-,16-/m1/s1. The van der Waals surface area contributed by atoms with Crippen molar-refractivity contribution in [3.05, 3.63) is 42.5 Å². The summed E-state index contributed by atoms with van der Waals surface area (Å²) in [5.41, 5.74) is 0.877. The number of anilines is 2. The second-order valence-corrected chi connectivity index (χ2v) is 9.97. The Labute approximate surface area is 193 Å². The van der Waals surface area contributed by atoms with Gasteiger partial charge in [-0.25, -0.2) is 8.42 Å². The van der Waals surface area contributed by atoms with Crippen molar-refractivity contribution < 1.29 is 27.5 Å². The highest BCUT2D eigenvalue weighted by molar-refractivity contribution is 7.89. The Morgan fingerprint density at radius 3 is 2.85 bits per heavy atom. The molecule has 33 heavy (non-hydrogen) atoms. The summed E-state index contributed by atoms with van der Waals surface area (Å²) < 4.78 is 39.0. The van der Waals surface area contributed by atoms with Gasteiger partial charge in [-0.2, -0.15) is 4.31 Å². The number of hydrogen-bond donors (Lipinski definition) is 2. The van der Waals surface area contributed by atoms with Gasteiger partial charge in [0.15, 0.2) is 6.10 Å². The third-order valence-corrected chi connectivity index (χ3v) is 7.58. The summed E-state index contributed by atoms with van der Waals surface area (Å²) in [6.07, 6.45) is 0.502. The Balaban J connectivity index is 1.49. The first kappa shape index (κ1) is 23.1. The van der Waals surface area contributed by atoms with Gasteiger partial charge < -0.3 is 20.1 Å². The Morgan fingerprint density at radius 1 is 1.27 bits per heavy atom. The summed E-state index contributed by atoms with van der Waals surface area (Å²) in [7, 11) is -3.86. The maximum Gasteiger partial charge on any atom is 0.265 e. The lowest BCUT2D eigenvalue weighted by molar-refractivity contribution is -0.123. The zero-order valence-corrected chi connectivity index (χ0v) is 19.4. The number of hydrogen-bond acceptors (Lipinski definition) is 6. The molecule has 0 bridgehead atoms. The molecule has 176 valence electrons. The van der Waals surface area contributed by atoms with Crippen molar-refractivity contribution in [1.82, 2.24) is 4.31 Å². The summed E-state index contributed by atoms with van der Waals surface area (Å²) in [6, 6.07) is 11.5. The van der Waals surface area contributed by atoms with E-state index in [4.69, 9.17) is 9.47 Å². The molecular weight excluding hydrogens is 446 g/mol. The zero-order valence-electron chi connectivity index (χ0n) is 18.5. The van der Waals surface area contributed by atoms with E-state index in [0.717, 1.165) is 0 Å². The lowest BCUT2D eigenvalue weighted by Gasteiger charge is -2.31. The van der Waals surface area contributed by atoms with Crippen LogP contribution < -0.4 is 20.1 Å². The monoisotopic (exact) mass is 473 g/mol. The molecule has 0 saturated carbocycles. The second kappa shape index (κ2) is 9.40. The van der Waals surface area contributed by atoms with Crippen LogP contribution in [0, 0.1) is 5.92 Å². The Kier molecular flexibility index (Phi) is 6.57. The molecule has 0 unspecified atom stereocenters. The van der Waals surface area contributed by atoms with Crippen LogP contribution in [0.15, 0.2) is 47.4 Å². The predicted molar refractivity (Wildman–Crippen MR) is 123 cm³/mol. The summed E-state index contributed by atoms with van der Waals surface area (Å²) in [5, 5.41) is 5.55. The number of para-hydroxylation sites is 2. The Bertz CT molecular complexity index is 1170. The minimum atomic E-state index is -3.86. The largest absolute Gasteiger partial charge is 0.492 e. The second-order valence-electron chi connectivity index (χ2n) is 8.03. The maximum atomic E-state index is 13.3. The molecule has 2 aliphatic rings. The summed E-state index contributed by atoms with van der Waals surface area (Å²) in [6.45, 7) is 4.34. The minimum absolute atomic E-state index is 0.0439. The van der Waals surface area contributed by atoms with E-state index >= 15 is 0 Å². The van der Waals surface area contributed by atoms with Crippen LogP contribution in [0.1, 0.15) is 26.7 Å². The van der Waals surface area contributed by atoms with Crippen molar-refractivity contribution in [2.24, 2.45) is 5.92 Å². The first-order valence-electron chi connectivity index (χ1n) is 10.9. The van der Waals surface area contributed by atoms with Crippen LogP contribution in [0.2, 0.25) is 0 Å². The van der Waals surface area contributed by atoms with Crippen molar-refractivity contribution >= 4 is 33.2 Å². The fourth-order valence-corrected chi connectivity index (χ4v) is 5.51. The molecule has 1 saturated heterocycles. The number of fused-ring (bicyclic) bond motifs is 1. The number of piperidine rings is 1. The Morgan fingerprint density at radius 2 is 2.06 bits per heavy atom. The molecule has 2 aromatic carbocycles. The van der Waals surface area contributed by atoms with E-state index in [1.54, 1.807) is 25.1 Å². The number of amides is 2. The van der Waals surface area contributed by atoms with Crippen LogP contribution in [0.3, 0.4) is 0 Å². The van der Waals surface area contributed by atoms with Crippen molar-refractivity contribution in [2.75, 3.05) is 30.3 Å². The highest BCUT2D eigenvalue weighted by atomic mass is 32.2. The number of carbonyl (C=O) groups excluding carboxylic acids is 2. The van der Waals surface area contributed by atoms with Crippen molar-refractivity contribution in [3.63, 3.8) is 0 Å². The lowest BCUT2D eigenvalue weighted by atomic mass is 9.98. The number of benzene rings is 2. The fraction of sp³-hybridized carbons (Fsp3) is 0.391. The van der Waals surface area contributed by atoms with Gasteiger partial charge in [0.2, 0.25) is 15.9 Å². The Hall–Kier alpha value is -3.11. The quantitative estimate of drug-likeness (QED) is 0.667. The van der Waals surface area contributed by atoms with E-state index in [2.05, 4.69) is 10.6 Å². The number of nitrogens with one attached hydrogen (secondary N) is 2. The van der Waals surface area contributed by atoms with Crippen molar-refractivity contribution in [3.8, 4) is 11.5 Å². The average molecular weight is 474 g/mol. The maximum absolute atomic E-state index is 13.3. The van der Waals surface area contributed by atoms with Gasteiger partial charge in [-0.05, 0) is 57.0 Å². The summed E-state index contributed by atoms with van der Waals surface area (Å²) in [5.74, 6) is -0.0860. The molecule has 0 aromatic heterocycles. The number of rotatable bonds is 6. The first-order chi connectivity index (χ1) is 15.8. The lowest BCUT2D eigenvalue weighted by Crippen LogP contribution is -2.43. The van der Waals surface area contributed by atoms with Gasteiger partial charge in [0.25, 0.3) is 5.91 Å². The van der Waals surface area contributed by atoms with Gasteiger partial charge in [-0.15, -0.1) is 0 Å². The highest BCUT2D eigenvalue weighted by Crippen LogP contribution is 2.34. The molecule has 9 nitrogen and oxygen atoms in total. The van der Waals surface area contributed by atoms with Gasteiger partial charge >= 0.3 is 0 Å². The molecule has 2 aromatic rings. The number of ether oxygens (including phenoxy) is 2. The molecular formula is C23H27N3O6S. The minimum Gasteiger partial charge on any atom is -0.492 e. The number of nitrogens with zero attached hydrogens (tertiary/aromatic N) is 1. The summed E-state index contributed by atoms with van der Waals surface area (Å²) in [4.78, 5) is 24.9. The SMILES string of the molecule is CCOc1ccccc1NC(=O)[C@@H]1CCCN(S(=O)(=O)c2ccc3c(c2)NC(=O)[C@@H](C)O3)C1. The van der Waals surface area contributed by atoms with E-state index < -0.39 is 22.0 Å². The van der Waals surface area contributed by atoms with Gasteiger partial charge in [0, 0.05) is 13.1 Å². The van der Waals surface area contributed by atoms with Crippen LogP contribution in [-0.4, -0.2) is 50.3 Å². The van der Waals surface area contributed by atoms with Crippen LogP contribution in [-0.2, 0) is 19.6 Å². The van der Waals surface area contributed by atoms with Crippen LogP contribution >= 0.6 is 0 Å². The molecule has 1 fully saturated rings. The molecule has 0 aliphatic carbocycles.